The minimum absolute atomic E-state index is 0.0497. The van der Waals surface area contributed by atoms with E-state index in [1.54, 1.807) is 5.30 Å². The van der Waals surface area contributed by atoms with E-state index in [1.807, 2.05) is 0 Å². The van der Waals surface area contributed by atoms with Crippen molar-refractivity contribution >= 4 is 13.2 Å². The number of hydrogen-bond donors (Lipinski definition) is 1. The van der Waals surface area contributed by atoms with Gasteiger partial charge in [0.1, 0.15) is 0 Å². The largest absolute Gasteiger partial charge is 0.326 e. The Morgan fingerprint density at radius 1 is 0.762 bits per heavy atom. The van der Waals surface area contributed by atoms with Crippen LogP contribution in [0, 0.1) is 0 Å². The first-order chi connectivity index (χ1) is 10.4. The molecule has 21 heavy (non-hydrogen) atoms. The Labute approximate surface area is 131 Å². The second-order valence-corrected chi connectivity index (χ2v) is 9.65. The first kappa shape index (κ1) is 15.5. The third kappa shape index (κ3) is 3.88. The molecule has 0 bridgehead atoms. The van der Waals surface area contributed by atoms with Gasteiger partial charge in [0.2, 0.25) is 0 Å². The van der Waals surface area contributed by atoms with Gasteiger partial charge in [0.05, 0.1) is 0 Å². The summed E-state index contributed by atoms with van der Waals surface area (Å²) in [7, 11) is 0.0497. The molecule has 2 saturated carbocycles. The Morgan fingerprint density at radius 2 is 1.24 bits per heavy atom. The molecule has 2 heteroatoms. The van der Waals surface area contributed by atoms with Gasteiger partial charge < -0.3 is 5.73 Å². The van der Waals surface area contributed by atoms with E-state index in [0.717, 1.165) is 11.3 Å². The fourth-order valence-corrected chi connectivity index (χ4v) is 8.02. The van der Waals surface area contributed by atoms with Crippen LogP contribution in [0.5, 0.6) is 0 Å². The van der Waals surface area contributed by atoms with E-state index in [1.165, 1.54) is 69.8 Å². The van der Waals surface area contributed by atoms with Crippen molar-refractivity contribution in [3.8, 4) is 0 Å². The van der Waals surface area contributed by atoms with Crippen LogP contribution in [-0.4, -0.2) is 11.3 Å². The van der Waals surface area contributed by atoms with Crippen LogP contribution in [0.1, 0.15) is 69.8 Å². The van der Waals surface area contributed by atoms with Gasteiger partial charge in [-0.05, 0) is 47.9 Å². The van der Waals surface area contributed by atoms with Gasteiger partial charge in [0.15, 0.2) is 0 Å². The molecule has 2 aliphatic carbocycles. The van der Waals surface area contributed by atoms with Crippen LogP contribution in [0.2, 0.25) is 0 Å². The molecule has 1 nitrogen and oxygen atoms in total. The molecule has 1 aromatic rings. The van der Waals surface area contributed by atoms with E-state index in [9.17, 15) is 0 Å². The lowest BCUT2D eigenvalue weighted by Crippen LogP contribution is -2.26. The minimum atomic E-state index is 0.0497. The Hall–Kier alpha value is -0.390. The molecular weight excluding hydrogens is 273 g/mol. The van der Waals surface area contributed by atoms with Crippen LogP contribution in [0.25, 0.3) is 0 Å². The SMILES string of the molecule is NCc1ccc(P(C2CCCCC2)C2CCCCC2)cc1. The van der Waals surface area contributed by atoms with Gasteiger partial charge in [0.25, 0.3) is 0 Å². The normalized spacial score (nSPS) is 21.8. The second-order valence-electron chi connectivity index (χ2n) is 6.86. The summed E-state index contributed by atoms with van der Waals surface area (Å²) >= 11 is 0. The Morgan fingerprint density at radius 3 is 1.67 bits per heavy atom. The fourth-order valence-electron chi connectivity index (χ4n) is 4.24. The van der Waals surface area contributed by atoms with Crippen LogP contribution < -0.4 is 11.0 Å². The minimum Gasteiger partial charge on any atom is -0.326 e. The molecular formula is C19H30NP. The van der Waals surface area contributed by atoms with Crippen molar-refractivity contribution in [1.29, 1.82) is 0 Å². The molecule has 0 spiro atoms. The van der Waals surface area contributed by atoms with Crippen LogP contribution in [0.15, 0.2) is 24.3 Å². The molecule has 0 aromatic heterocycles. The number of benzene rings is 1. The average molecular weight is 303 g/mol. The summed E-state index contributed by atoms with van der Waals surface area (Å²) in [6.07, 6.45) is 14.8. The molecule has 0 heterocycles. The molecule has 1 aromatic carbocycles. The van der Waals surface area contributed by atoms with Crippen LogP contribution in [0.4, 0.5) is 0 Å². The van der Waals surface area contributed by atoms with Gasteiger partial charge in [0, 0.05) is 6.54 Å². The molecule has 0 aliphatic heterocycles. The third-order valence-corrected chi connectivity index (χ3v) is 8.91. The van der Waals surface area contributed by atoms with Crippen molar-refractivity contribution in [2.45, 2.75) is 82.1 Å². The summed E-state index contributed by atoms with van der Waals surface area (Å²) in [5.41, 5.74) is 9.05. The molecule has 3 rings (SSSR count). The first-order valence-corrected chi connectivity index (χ1v) is 10.4. The van der Waals surface area contributed by atoms with Crippen LogP contribution in [-0.2, 0) is 6.54 Å². The third-order valence-electron chi connectivity index (χ3n) is 5.41. The summed E-state index contributed by atoms with van der Waals surface area (Å²) in [6, 6.07) is 9.38. The molecule has 116 valence electrons. The van der Waals surface area contributed by atoms with E-state index in [0.29, 0.717) is 6.54 Å². The lowest BCUT2D eigenvalue weighted by Gasteiger charge is -2.38. The van der Waals surface area contributed by atoms with Gasteiger partial charge >= 0.3 is 0 Å². The van der Waals surface area contributed by atoms with Gasteiger partial charge in [-0.25, -0.2) is 0 Å². The fraction of sp³-hybridized carbons (Fsp3) is 0.684. The van der Waals surface area contributed by atoms with E-state index in [4.69, 9.17) is 5.73 Å². The van der Waals surface area contributed by atoms with Crippen molar-refractivity contribution in [3.05, 3.63) is 29.8 Å². The summed E-state index contributed by atoms with van der Waals surface area (Å²) in [4.78, 5) is 0. The van der Waals surface area contributed by atoms with Crippen LogP contribution in [0.3, 0.4) is 0 Å². The molecule has 0 saturated heterocycles. The Balaban J connectivity index is 1.82. The first-order valence-electron chi connectivity index (χ1n) is 8.96. The highest BCUT2D eigenvalue weighted by Crippen LogP contribution is 2.54. The van der Waals surface area contributed by atoms with Crippen molar-refractivity contribution in [3.63, 3.8) is 0 Å². The second kappa shape index (κ2) is 7.75. The van der Waals surface area contributed by atoms with Gasteiger partial charge in [-0.2, -0.15) is 0 Å². The van der Waals surface area contributed by atoms with Gasteiger partial charge in [-0.1, -0.05) is 70.7 Å². The Kier molecular flexibility index (Phi) is 5.72. The van der Waals surface area contributed by atoms with Crippen LogP contribution >= 0.6 is 7.92 Å². The van der Waals surface area contributed by atoms with E-state index >= 15 is 0 Å². The number of rotatable bonds is 4. The standard InChI is InChI=1S/C19H30NP/c20-15-16-11-13-19(14-12-16)21(17-7-3-1-4-8-17)18-9-5-2-6-10-18/h11-14,17-18H,1-10,15,20H2. The molecule has 2 N–H and O–H groups in total. The maximum Gasteiger partial charge on any atom is 0.0178 e. The van der Waals surface area contributed by atoms with Gasteiger partial charge in [-0.3, -0.25) is 0 Å². The summed E-state index contributed by atoms with van der Waals surface area (Å²) in [5, 5.41) is 1.67. The Bertz CT molecular complexity index is 398. The average Bonchev–Trinajstić information content (AvgIpc) is 2.58. The van der Waals surface area contributed by atoms with E-state index in [2.05, 4.69) is 24.3 Å². The molecule has 0 atom stereocenters. The number of hydrogen-bond acceptors (Lipinski definition) is 1. The smallest absolute Gasteiger partial charge is 0.0178 e. The van der Waals surface area contributed by atoms with Gasteiger partial charge in [-0.15, -0.1) is 0 Å². The zero-order chi connectivity index (χ0) is 14.5. The lowest BCUT2D eigenvalue weighted by molar-refractivity contribution is 0.487. The maximum absolute atomic E-state index is 5.77. The summed E-state index contributed by atoms with van der Waals surface area (Å²) in [5.74, 6) is 0. The zero-order valence-corrected chi connectivity index (χ0v) is 14.2. The molecule has 2 aliphatic rings. The topological polar surface area (TPSA) is 26.0 Å². The predicted octanol–water partition coefficient (Wildman–Crippen LogP) is 4.92. The zero-order valence-electron chi connectivity index (χ0n) is 13.3. The summed E-state index contributed by atoms with van der Waals surface area (Å²) in [6.45, 7) is 0.672. The van der Waals surface area contributed by atoms with Crippen molar-refractivity contribution in [2.75, 3.05) is 0 Å². The highest BCUT2D eigenvalue weighted by Gasteiger charge is 2.31. The lowest BCUT2D eigenvalue weighted by atomic mass is 9.99. The predicted molar refractivity (Wildman–Crippen MR) is 94.6 cm³/mol. The summed E-state index contributed by atoms with van der Waals surface area (Å²) < 4.78 is 0. The molecule has 2 fully saturated rings. The van der Waals surface area contributed by atoms with Crippen molar-refractivity contribution < 1.29 is 0 Å². The highest BCUT2D eigenvalue weighted by atomic mass is 31.1. The van der Waals surface area contributed by atoms with E-state index < -0.39 is 0 Å². The molecule has 0 unspecified atom stereocenters. The molecule has 0 radical (unpaired) electrons. The monoisotopic (exact) mass is 303 g/mol. The molecule has 0 amide bonds. The van der Waals surface area contributed by atoms with E-state index in [-0.39, 0.29) is 7.92 Å². The highest BCUT2D eigenvalue weighted by molar-refractivity contribution is 7.67. The van der Waals surface area contributed by atoms with Crippen molar-refractivity contribution in [2.24, 2.45) is 5.73 Å². The maximum atomic E-state index is 5.77. The van der Waals surface area contributed by atoms with Crippen molar-refractivity contribution in [1.82, 2.24) is 0 Å². The quantitative estimate of drug-likeness (QED) is 0.785. The number of nitrogens with two attached hydrogens (primary N) is 1.